The standard InChI is InChI=1S/C20H29N3O2S.HI/c1-5-21-20(23(2)13-11-18-7-6-14-26-18)22-12-10-16-15-17(24-3)8-9-19(16)25-4;/h6-9,14-15H,5,10-13H2,1-4H3,(H,21,22);1H. The zero-order valence-electron chi connectivity index (χ0n) is 16.5. The van der Waals surface area contributed by atoms with E-state index in [1.807, 2.05) is 18.2 Å². The molecule has 0 aliphatic carbocycles. The second-order valence-electron chi connectivity index (χ2n) is 5.91. The Morgan fingerprint density at radius 3 is 2.63 bits per heavy atom. The van der Waals surface area contributed by atoms with Gasteiger partial charge in [0.1, 0.15) is 11.5 Å². The van der Waals surface area contributed by atoms with Gasteiger partial charge in [-0.3, -0.25) is 4.99 Å². The van der Waals surface area contributed by atoms with Crippen LogP contribution in [0.1, 0.15) is 17.4 Å². The van der Waals surface area contributed by atoms with Gasteiger partial charge in [0.15, 0.2) is 5.96 Å². The van der Waals surface area contributed by atoms with E-state index in [4.69, 9.17) is 14.5 Å². The van der Waals surface area contributed by atoms with Crippen molar-refractivity contribution in [2.45, 2.75) is 19.8 Å². The van der Waals surface area contributed by atoms with Gasteiger partial charge in [0.25, 0.3) is 0 Å². The molecule has 0 aliphatic rings. The predicted molar refractivity (Wildman–Crippen MR) is 125 cm³/mol. The Bertz CT molecular complexity index is 693. The first-order valence-corrected chi connectivity index (χ1v) is 9.78. The zero-order valence-corrected chi connectivity index (χ0v) is 19.7. The number of halogens is 1. The van der Waals surface area contributed by atoms with Crippen LogP contribution < -0.4 is 14.8 Å². The molecule has 0 unspecified atom stereocenters. The summed E-state index contributed by atoms with van der Waals surface area (Å²) in [5, 5.41) is 5.49. The van der Waals surface area contributed by atoms with Crippen LogP contribution in [0.5, 0.6) is 11.5 Å². The van der Waals surface area contributed by atoms with Crippen molar-refractivity contribution in [1.82, 2.24) is 10.2 Å². The van der Waals surface area contributed by atoms with Crippen molar-refractivity contribution < 1.29 is 9.47 Å². The monoisotopic (exact) mass is 503 g/mol. The quantitative estimate of drug-likeness (QED) is 0.319. The van der Waals surface area contributed by atoms with Crippen molar-refractivity contribution in [1.29, 1.82) is 0 Å². The van der Waals surface area contributed by atoms with E-state index >= 15 is 0 Å². The number of aliphatic imine (C=N–C) groups is 1. The highest BCUT2D eigenvalue weighted by Crippen LogP contribution is 2.24. The van der Waals surface area contributed by atoms with Gasteiger partial charge in [0, 0.05) is 31.6 Å². The van der Waals surface area contributed by atoms with Crippen LogP contribution in [0.25, 0.3) is 0 Å². The Morgan fingerprint density at radius 2 is 2.00 bits per heavy atom. The summed E-state index contributed by atoms with van der Waals surface area (Å²) in [5.41, 5.74) is 1.10. The second-order valence-corrected chi connectivity index (χ2v) is 6.95. The molecule has 1 aromatic carbocycles. The molecule has 0 atom stereocenters. The number of likely N-dealkylation sites (N-methyl/N-ethyl adjacent to an activating group) is 1. The lowest BCUT2D eigenvalue weighted by molar-refractivity contribution is 0.399. The Morgan fingerprint density at radius 1 is 1.19 bits per heavy atom. The number of methoxy groups -OCH3 is 2. The lowest BCUT2D eigenvalue weighted by atomic mass is 10.1. The molecule has 0 fully saturated rings. The second kappa shape index (κ2) is 12.8. The van der Waals surface area contributed by atoms with Crippen LogP contribution in [-0.2, 0) is 12.8 Å². The number of guanidine groups is 1. The third-order valence-electron chi connectivity index (χ3n) is 4.10. The lowest BCUT2D eigenvalue weighted by Gasteiger charge is -2.22. The SMILES string of the molecule is CCNC(=NCCc1cc(OC)ccc1OC)N(C)CCc1cccs1.I. The predicted octanol–water partition coefficient (Wildman–Crippen LogP) is 4.07. The minimum Gasteiger partial charge on any atom is -0.497 e. The van der Waals surface area contributed by atoms with Gasteiger partial charge in [-0.2, -0.15) is 0 Å². The van der Waals surface area contributed by atoms with E-state index in [0.29, 0.717) is 6.54 Å². The van der Waals surface area contributed by atoms with E-state index < -0.39 is 0 Å². The smallest absolute Gasteiger partial charge is 0.193 e. The van der Waals surface area contributed by atoms with Gasteiger partial charge in [-0.15, -0.1) is 35.3 Å². The van der Waals surface area contributed by atoms with E-state index in [1.165, 1.54) is 4.88 Å². The van der Waals surface area contributed by atoms with Crippen molar-refractivity contribution in [2.24, 2.45) is 4.99 Å². The van der Waals surface area contributed by atoms with Crippen LogP contribution in [0, 0.1) is 0 Å². The molecule has 0 saturated carbocycles. The number of nitrogens with zero attached hydrogens (tertiary/aromatic N) is 2. The molecular formula is C20H30IN3O2S. The van der Waals surface area contributed by atoms with E-state index in [1.54, 1.807) is 25.6 Å². The summed E-state index contributed by atoms with van der Waals surface area (Å²) in [6.07, 6.45) is 1.83. The Balaban J connectivity index is 0.00000364. The maximum Gasteiger partial charge on any atom is 0.193 e. The molecule has 2 rings (SSSR count). The molecule has 0 spiro atoms. The van der Waals surface area contributed by atoms with Crippen molar-refractivity contribution >= 4 is 41.3 Å². The first kappa shape index (κ1) is 23.6. The molecule has 0 saturated heterocycles. The largest absolute Gasteiger partial charge is 0.497 e. The lowest BCUT2D eigenvalue weighted by Crippen LogP contribution is -2.40. The fourth-order valence-electron chi connectivity index (χ4n) is 2.67. The van der Waals surface area contributed by atoms with E-state index in [-0.39, 0.29) is 24.0 Å². The van der Waals surface area contributed by atoms with Gasteiger partial charge in [0.2, 0.25) is 0 Å². The first-order chi connectivity index (χ1) is 12.7. The Labute approximate surface area is 183 Å². The van der Waals surface area contributed by atoms with Crippen LogP contribution >= 0.6 is 35.3 Å². The Hall–Kier alpha value is -1.48. The molecule has 0 bridgehead atoms. The number of benzene rings is 1. The Kier molecular flexibility index (Phi) is 11.2. The molecular weight excluding hydrogens is 473 g/mol. The number of nitrogens with one attached hydrogen (secondary N) is 1. The fraction of sp³-hybridized carbons (Fsp3) is 0.450. The fourth-order valence-corrected chi connectivity index (χ4v) is 3.37. The van der Waals surface area contributed by atoms with Crippen molar-refractivity contribution in [2.75, 3.05) is 40.9 Å². The maximum absolute atomic E-state index is 5.45. The third-order valence-corrected chi connectivity index (χ3v) is 5.04. The number of rotatable bonds is 9. The topological polar surface area (TPSA) is 46.1 Å². The van der Waals surface area contributed by atoms with Gasteiger partial charge in [-0.1, -0.05) is 6.07 Å². The van der Waals surface area contributed by atoms with E-state index in [0.717, 1.165) is 49.0 Å². The number of hydrogen-bond donors (Lipinski definition) is 1. The van der Waals surface area contributed by atoms with Gasteiger partial charge < -0.3 is 19.7 Å². The number of hydrogen-bond acceptors (Lipinski definition) is 4. The first-order valence-electron chi connectivity index (χ1n) is 8.90. The molecule has 0 amide bonds. The average Bonchev–Trinajstić information content (AvgIpc) is 3.18. The summed E-state index contributed by atoms with van der Waals surface area (Å²) in [7, 11) is 5.45. The van der Waals surface area contributed by atoms with Crippen molar-refractivity contribution in [3.63, 3.8) is 0 Å². The van der Waals surface area contributed by atoms with Crippen LogP contribution in [-0.4, -0.2) is 51.8 Å². The highest BCUT2D eigenvalue weighted by molar-refractivity contribution is 14.0. The summed E-state index contributed by atoms with van der Waals surface area (Å²) >= 11 is 1.80. The highest BCUT2D eigenvalue weighted by Gasteiger charge is 2.08. The molecule has 0 aliphatic heterocycles. The van der Waals surface area contributed by atoms with Crippen LogP contribution in [0.3, 0.4) is 0 Å². The van der Waals surface area contributed by atoms with Gasteiger partial charge >= 0.3 is 0 Å². The number of ether oxygens (including phenoxy) is 2. The van der Waals surface area contributed by atoms with Crippen LogP contribution in [0.4, 0.5) is 0 Å². The molecule has 27 heavy (non-hydrogen) atoms. The summed E-state index contributed by atoms with van der Waals surface area (Å²) in [4.78, 5) is 8.36. The van der Waals surface area contributed by atoms with E-state index in [9.17, 15) is 0 Å². The van der Waals surface area contributed by atoms with Crippen LogP contribution in [0.15, 0.2) is 40.7 Å². The molecule has 0 radical (unpaired) electrons. The molecule has 150 valence electrons. The minimum absolute atomic E-state index is 0. The molecule has 2 aromatic rings. The molecule has 1 heterocycles. The third kappa shape index (κ3) is 7.57. The molecule has 1 aromatic heterocycles. The van der Waals surface area contributed by atoms with Gasteiger partial charge in [-0.25, -0.2) is 0 Å². The summed E-state index contributed by atoms with van der Waals surface area (Å²) < 4.78 is 10.8. The normalized spacial score (nSPS) is 10.9. The summed E-state index contributed by atoms with van der Waals surface area (Å²) in [6.45, 7) is 4.57. The minimum atomic E-state index is 0. The average molecular weight is 503 g/mol. The number of thiophene rings is 1. The van der Waals surface area contributed by atoms with Gasteiger partial charge in [0.05, 0.1) is 14.2 Å². The van der Waals surface area contributed by atoms with E-state index in [2.05, 4.69) is 41.7 Å². The summed E-state index contributed by atoms with van der Waals surface area (Å²) in [6, 6.07) is 10.1. The van der Waals surface area contributed by atoms with Crippen LogP contribution in [0.2, 0.25) is 0 Å². The van der Waals surface area contributed by atoms with Gasteiger partial charge in [-0.05, 0) is 55.0 Å². The molecule has 5 nitrogen and oxygen atoms in total. The van der Waals surface area contributed by atoms with Crippen molar-refractivity contribution in [3.05, 3.63) is 46.2 Å². The maximum atomic E-state index is 5.45. The van der Waals surface area contributed by atoms with Crippen molar-refractivity contribution in [3.8, 4) is 11.5 Å². The molecule has 7 heteroatoms. The molecule has 1 N–H and O–H groups in total. The summed E-state index contributed by atoms with van der Waals surface area (Å²) in [5.74, 6) is 2.65. The zero-order chi connectivity index (χ0) is 18.8. The highest BCUT2D eigenvalue weighted by atomic mass is 127.